The minimum absolute atomic E-state index is 0.153. The van der Waals surface area contributed by atoms with Gasteiger partial charge in [-0.2, -0.15) is 0 Å². The molecule has 0 radical (unpaired) electrons. The summed E-state index contributed by atoms with van der Waals surface area (Å²) in [4.78, 5) is 0. The molecule has 0 aromatic heterocycles. The first kappa shape index (κ1) is 9.87. The van der Waals surface area contributed by atoms with Crippen LogP contribution in [0.25, 0.3) is 0 Å². The highest BCUT2D eigenvalue weighted by Crippen LogP contribution is 1.84. The van der Waals surface area contributed by atoms with Gasteiger partial charge in [-0.15, -0.1) is 0 Å². The highest BCUT2D eigenvalue weighted by Gasteiger charge is 2.06. The highest BCUT2D eigenvalue weighted by atomic mass is 32.2. The van der Waals surface area contributed by atoms with E-state index in [-0.39, 0.29) is 6.04 Å². The van der Waals surface area contributed by atoms with E-state index in [0.717, 1.165) is 6.26 Å². The number of methoxy groups -OCH3 is 1. The van der Waals surface area contributed by atoms with Crippen molar-refractivity contribution in [2.45, 2.75) is 13.0 Å². The minimum atomic E-state index is -3.08. The molecular weight excluding hydrogens is 154 g/mol. The van der Waals surface area contributed by atoms with Crippen molar-refractivity contribution < 1.29 is 13.2 Å². The molecule has 0 aliphatic heterocycles. The van der Waals surface area contributed by atoms with Crippen molar-refractivity contribution in [1.82, 2.24) is 4.72 Å². The lowest BCUT2D eigenvalue weighted by Gasteiger charge is -2.09. The summed E-state index contributed by atoms with van der Waals surface area (Å²) in [5.41, 5.74) is 0. The van der Waals surface area contributed by atoms with Crippen LogP contribution in [0.3, 0.4) is 0 Å². The third-order valence-corrected chi connectivity index (χ3v) is 1.66. The maximum atomic E-state index is 10.5. The molecule has 5 heteroatoms. The first-order valence-corrected chi connectivity index (χ1v) is 4.81. The maximum Gasteiger partial charge on any atom is 0.209 e. The van der Waals surface area contributed by atoms with Crippen LogP contribution in [0, 0.1) is 0 Å². The Hall–Kier alpha value is -0.130. The molecule has 0 saturated carbocycles. The zero-order valence-electron chi connectivity index (χ0n) is 6.42. The molecule has 1 atom stereocenters. The van der Waals surface area contributed by atoms with Gasteiger partial charge in [0.05, 0.1) is 12.9 Å². The second-order valence-electron chi connectivity index (χ2n) is 2.25. The highest BCUT2D eigenvalue weighted by molar-refractivity contribution is 7.88. The van der Waals surface area contributed by atoms with E-state index in [9.17, 15) is 8.42 Å². The van der Waals surface area contributed by atoms with Gasteiger partial charge in [0, 0.05) is 13.2 Å². The number of hydrogen-bond donors (Lipinski definition) is 1. The lowest BCUT2D eigenvalue weighted by molar-refractivity contribution is 0.180. The Morgan fingerprint density at radius 3 is 2.40 bits per heavy atom. The Morgan fingerprint density at radius 2 is 2.10 bits per heavy atom. The molecule has 0 unspecified atom stereocenters. The fraction of sp³-hybridized carbons (Fsp3) is 1.00. The fourth-order valence-electron chi connectivity index (χ4n) is 0.649. The van der Waals surface area contributed by atoms with Crippen LogP contribution in [0.15, 0.2) is 0 Å². The van der Waals surface area contributed by atoms with Gasteiger partial charge in [-0.3, -0.25) is 0 Å². The number of rotatable bonds is 4. The fourth-order valence-corrected chi connectivity index (χ4v) is 1.45. The summed E-state index contributed by atoms with van der Waals surface area (Å²) in [7, 11) is -1.55. The Balaban J connectivity index is 3.69. The molecule has 0 heterocycles. The van der Waals surface area contributed by atoms with Gasteiger partial charge in [0.1, 0.15) is 0 Å². The zero-order valence-corrected chi connectivity index (χ0v) is 7.23. The largest absolute Gasteiger partial charge is 0.383 e. The summed E-state index contributed by atoms with van der Waals surface area (Å²) < 4.78 is 28.2. The lowest BCUT2D eigenvalue weighted by atomic mass is 10.4. The molecule has 0 aliphatic rings. The predicted octanol–water partition coefficient (Wildman–Crippen LogP) is -0.429. The van der Waals surface area contributed by atoms with Crippen molar-refractivity contribution in [2.75, 3.05) is 20.0 Å². The molecule has 10 heavy (non-hydrogen) atoms. The molecule has 0 aromatic carbocycles. The van der Waals surface area contributed by atoms with Crippen molar-refractivity contribution in [3.05, 3.63) is 0 Å². The van der Waals surface area contributed by atoms with Crippen LogP contribution in [0.4, 0.5) is 0 Å². The predicted molar refractivity (Wildman–Crippen MR) is 39.3 cm³/mol. The van der Waals surface area contributed by atoms with Crippen molar-refractivity contribution >= 4 is 10.0 Å². The van der Waals surface area contributed by atoms with Crippen LogP contribution in [-0.2, 0) is 14.8 Å². The molecular formula is C5H13NO3S. The SMILES string of the molecule is COC[C@@H](C)NS(C)(=O)=O. The Bertz CT molecular complexity index is 175. The number of hydrogen-bond acceptors (Lipinski definition) is 3. The molecule has 0 saturated heterocycles. The molecule has 0 aliphatic carbocycles. The van der Waals surface area contributed by atoms with Gasteiger partial charge in [-0.25, -0.2) is 13.1 Å². The summed E-state index contributed by atoms with van der Waals surface area (Å²) in [6.07, 6.45) is 1.12. The molecule has 0 fully saturated rings. The molecule has 0 aromatic rings. The summed E-state index contributed by atoms with van der Waals surface area (Å²) >= 11 is 0. The molecule has 4 nitrogen and oxygen atoms in total. The standard InChI is InChI=1S/C5H13NO3S/c1-5(4-9-2)6-10(3,7)8/h5-6H,4H2,1-3H3/t5-/m1/s1. The van der Waals surface area contributed by atoms with Gasteiger partial charge in [0.15, 0.2) is 0 Å². The average Bonchev–Trinajstić information content (AvgIpc) is 1.59. The van der Waals surface area contributed by atoms with Gasteiger partial charge in [0.25, 0.3) is 0 Å². The maximum absolute atomic E-state index is 10.5. The van der Waals surface area contributed by atoms with Gasteiger partial charge >= 0.3 is 0 Å². The van der Waals surface area contributed by atoms with Gasteiger partial charge in [-0.1, -0.05) is 0 Å². The number of nitrogens with one attached hydrogen (secondary N) is 1. The molecule has 62 valence electrons. The minimum Gasteiger partial charge on any atom is -0.383 e. The second-order valence-corrected chi connectivity index (χ2v) is 4.03. The van der Waals surface area contributed by atoms with E-state index in [2.05, 4.69) is 4.72 Å². The number of sulfonamides is 1. The molecule has 0 bridgehead atoms. The van der Waals surface area contributed by atoms with Crippen LogP contribution in [0.1, 0.15) is 6.92 Å². The normalized spacial score (nSPS) is 15.1. The number of ether oxygens (including phenoxy) is 1. The van der Waals surface area contributed by atoms with Gasteiger partial charge in [0.2, 0.25) is 10.0 Å². The lowest BCUT2D eigenvalue weighted by Crippen LogP contribution is -2.34. The quantitative estimate of drug-likeness (QED) is 0.618. The van der Waals surface area contributed by atoms with Crippen LogP contribution in [-0.4, -0.2) is 34.4 Å². The van der Waals surface area contributed by atoms with Crippen LogP contribution >= 0.6 is 0 Å². The second kappa shape index (κ2) is 3.90. The van der Waals surface area contributed by atoms with Crippen molar-refractivity contribution in [3.8, 4) is 0 Å². The van der Waals surface area contributed by atoms with Crippen molar-refractivity contribution in [2.24, 2.45) is 0 Å². The van der Waals surface area contributed by atoms with Crippen LogP contribution in [0.2, 0.25) is 0 Å². The van der Waals surface area contributed by atoms with Crippen LogP contribution < -0.4 is 4.72 Å². The summed E-state index contributed by atoms with van der Waals surface area (Å²) in [5.74, 6) is 0. The zero-order chi connectivity index (χ0) is 8.20. The molecule has 0 amide bonds. The topological polar surface area (TPSA) is 55.4 Å². The van der Waals surface area contributed by atoms with E-state index in [0.29, 0.717) is 6.61 Å². The van der Waals surface area contributed by atoms with E-state index < -0.39 is 10.0 Å². The van der Waals surface area contributed by atoms with E-state index >= 15 is 0 Å². The molecule has 1 N–H and O–H groups in total. The summed E-state index contributed by atoms with van der Waals surface area (Å²) in [5, 5.41) is 0. The van der Waals surface area contributed by atoms with E-state index in [4.69, 9.17) is 4.74 Å². The first-order valence-electron chi connectivity index (χ1n) is 2.92. The third-order valence-electron chi connectivity index (χ3n) is 0.832. The van der Waals surface area contributed by atoms with Crippen LogP contribution in [0.5, 0.6) is 0 Å². The Kier molecular flexibility index (Phi) is 3.85. The van der Waals surface area contributed by atoms with Crippen molar-refractivity contribution in [1.29, 1.82) is 0 Å². The molecule has 0 spiro atoms. The first-order chi connectivity index (χ1) is 4.45. The van der Waals surface area contributed by atoms with E-state index in [1.165, 1.54) is 7.11 Å². The van der Waals surface area contributed by atoms with Gasteiger partial charge in [-0.05, 0) is 6.92 Å². The van der Waals surface area contributed by atoms with E-state index in [1.807, 2.05) is 0 Å². The Labute approximate surface area is 61.6 Å². The summed E-state index contributed by atoms with van der Waals surface area (Å²) in [6.45, 7) is 2.14. The summed E-state index contributed by atoms with van der Waals surface area (Å²) in [6, 6.07) is -0.153. The average molecular weight is 167 g/mol. The smallest absolute Gasteiger partial charge is 0.209 e. The third kappa shape index (κ3) is 6.00. The Morgan fingerprint density at radius 1 is 1.60 bits per heavy atom. The van der Waals surface area contributed by atoms with E-state index in [1.54, 1.807) is 6.92 Å². The van der Waals surface area contributed by atoms with Crippen molar-refractivity contribution in [3.63, 3.8) is 0 Å². The van der Waals surface area contributed by atoms with Gasteiger partial charge < -0.3 is 4.74 Å². The monoisotopic (exact) mass is 167 g/mol. The molecule has 0 rings (SSSR count).